The molecule has 0 spiro atoms. The molecule has 1 saturated heterocycles. The number of ether oxygens (including phenoxy) is 2. The van der Waals surface area contributed by atoms with Gasteiger partial charge in [-0.05, 0) is 33.6 Å². The third kappa shape index (κ3) is 6.46. The number of carbonyl (C=O) groups is 2. The van der Waals surface area contributed by atoms with Crippen molar-refractivity contribution < 1.29 is 34.0 Å². The van der Waals surface area contributed by atoms with Crippen molar-refractivity contribution in [1.29, 1.82) is 0 Å². The fourth-order valence-electron chi connectivity index (χ4n) is 1.79. The van der Waals surface area contributed by atoms with E-state index in [9.17, 15) is 14.8 Å². The van der Waals surface area contributed by atoms with E-state index < -0.39 is 30.4 Å². The summed E-state index contributed by atoms with van der Waals surface area (Å²) >= 11 is 0. The Hall–Kier alpha value is -2.26. The van der Waals surface area contributed by atoms with Crippen molar-refractivity contribution in [2.75, 3.05) is 19.9 Å². The maximum Gasteiger partial charge on any atom is 0.511 e. The number of piperidine rings is 1. The number of hydrazine groups is 1. The first-order valence-electron chi connectivity index (χ1n) is 6.82. The standard InChI is InChI=1S/C12H21N3O7/c1-12(2,3)22-11(18)20-8-21-13-15(19)14-6-4-5-9(7-14)10(16)17/h9H,4-8H2,1-3H3,(H,16,17)/b15-13-. The highest BCUT2D eigenvalue weighted by Crippen LogP contribution is 2.16. The number of nitrogens with zero attached hydrogens (tertiary/aromatic N) is 3. The quantitative estimate of drug-likeness (QED) is 0.202. The summed E-state index contributed by atoms with van der Waals surface area (Å²) < 4.78 is 9.41. The molecule has 1 atom stereocenters. The predicted octanol–water partition coefficient (Wildman–Crippen LogP) is 1.50. The summed E-state index contributed by atoms with van der Waals surface area (Å²) in [6.45, 7) is 4.88. The molecule has 10 heteroatoms. The Morgan fingerprint density at radius 1 is 1.45 bits per heavy atom. The Morgan fingerprint density at radius 3 is 2.73 bits per heavy atom. The van der Waals surface area contributed by atoms with E-state index in [1.165, 1.54) is 5.01 Å². The zero-order valence-electron chi connectivity index (χ0n) is 12.9. The van der Waals surface area contributed by atoms with Crippen molar-refractivity contribution in [1.82, 2.24) is 5.01 Å². The van der Waals surface area contributed by atoms with E-state index in [1.54, 1.807) is 20.8 Å². The van der Waals surface area contributed by atoms with Crippen molar-refractivity contribution in [3.63, 3.8) is 0 Å². The number of hydrogen-bond donors (Lipinski definition) is 1. The van der Waals surface area contributed by atoms with Crippen LogP contribution < -0.4 is 0 Å². The predicted molar refractivity (Wildman–Crippen MR) is 71.3 cm³/mol. The normalized spacial score (nSPS) is 19.5. The Kier molecular flexibility index (Phi) is 6.20. The van der Waals surface area contributed by atoms with Gasteiger partial charge in [0, 0.05) is 0 Å². The van der Waals surface area contributed by atoms with Gasteiger partial charge in [-0.25, -0.2) is 4.79 Å². The molecule has 0 aromatic carbocycles. The lowest BCUT2D eigenvalue weighted by atomic mass is 10.00. The lowest BCUT2D eigenvalue weighted by Crippen LogP contribution is -2.42. The second kappa shape index (κ2) is 7.66. The largest absolute Gasteiger partial charge is 0.569 e. The molecule has 1 fully saturated rings. The van der Waals surface area contributed by atoms with E-state index in [4.69, 9.17) is 9.84 Å². The summed E-state index contributed by atoms with van der Waals surface area (Å²) in [6, 6.07) is 0. The Morgan fingerprint density at radius 2 is 2.14 bits per heavy atom. The molecule has 0 aromatic rings. The van der Waals surface area contributed by atoms with Crippen molar-refractivity contribution >= 4 is 12.1 Å². The summed E-state index contributed by atoms with van der Waals surface area (Å²) in [6.07, 6.45) is 0.145. The Balaban J connectivity index is 2.33. The minimum Gasteiger partial charge on any atom is -0.569 e. The Labute approximate surface area is 127 Å². The SMILES string of the molecule is CC(C)(C)OC(=O)OCO/N=[N+](\[O-])N1CCCC(C(=O)O)C1. The number of carboxylic acids is 1. The number of carboxylic acid groups (broad SMARTS) is 1. The molecule has 0 bridgehead atoms. The van der Waals surface area contributed by atoms with Gasteiger partial charge in [0.05, 0.1) is 24.0 Å². The molecule has 1 unspecified atom stereocenters. The van der Waals surface area contributed by atoms with E-state index in [-0.39, 0.29) is 11.5 Å². The van der Waals surface area contributed by atoms with Crippen LogP contribution in [-0.4, -0.2) is 52.7 Å². The molecule has 1 heterocycles. The monoisotopic (exact) mass is 319 g/mol. The van der Waals surface area contributed by atoms with Crippen LogP contribution in [0.25, 0.3) is 0 Å². The zero-order valence-corrected chi connectivity index (χ0v) is 12.9. The maximum atomic E-state index is 11.6. The topological polar surface area (TPSA) is 124 Å². The molecule has 0 aliphatic carbocycles. The molecule has 126 valence electrons. The number of hydrogen-bond acceptors (Lipinski definition) is 7. The summed E-state index contributed by atoms with van der Waals surface area (Å²) in [7, 11) is 0. The van der Waals surface area contributed by atoms with E-state index in [0.29, 0.717) is 19.4 Å². The highest BCUT2D eigenvalue weighted by molar-refractivity contribution is 5.70. The van der Waals surface area contributed by atoms with Gasteiger partial charge >= 0.3 is 12.1 Å². The number of rotatable bonds is 5. The summed E-state index contributed by atoms with van der Waals surface area (Å²) in [5.41, 5.74) is -0.696. The number of carbonyl (C=O) groups excluding carboxylic acids is 1. The van der Waals surface area contributed by atoms with E-state index in [1.807, 2.05) is 0 Å². The van der Waals surface area contributed by atoms with Gasteiger partial charge in [-0.15, -0.1) is 5.01 Å². The highest BCUT2D eigenvalue weighted by Gasteiger charge is 2.29. The van der Waals surface area contributed by atoms with Crippen LogP contribution in [-0.2, 0) is 19.1 Å². The van der Waals surface area contributed by atoms with Gasteiger partial charge in [0.25, 0.3) is 6.79 Å². The van der Waals surface area contributed by atoms with Crippen LogP contribution in [0, 0.1) is 11.1 Å². The van der Waals surface area contributed by atoms with Gasteiger partial charge in [0.15, 0.2) is 0 Å². The van der Waals surface area contributed by atoms with Crippen molar-refractivity contribution in [3.8, 4) is 0 Å². The van der Waals surface area contributed by atoms with E-state index >= 15 is 0 Å². The Bertz CT molecular complexity index is 433. The summed E-state index contributed by atoms with van der Waals surface area (Å²) in [5.74, 6) is -1.56. The van der Waals surface area contributed by atoms with Crippen molar-refractivity contribution in [3.05, 3.63) is 5.21 Å². The van der Waals surface area contributed by atoms with Gasteiger partial charge in [-0.1, -0.05) is 0 Å². The first-order valence-corrected chi connectivity index (χ1v) is 6.82. The minimum atomic E-state index is -0.952. The second-order valence-corrected chi connectivity index (χ2v) is 5.78. The molecule has 22 heavy (non-hydrogen) atoms. The molecule has 1 N–H and O–H groups in total. The minimum absolute atomic E-state index is 0.0542. The fraction of sp³-hybridized carbons (Fsp3) is 0.833. The van der Waals surface area contributed by atoms with E-state index in [2.05, 4.69) is 14.9 Å². The average molecular weight is 319 g/mol. The van der Waals surface area contributed by atoms with Crippen LogP contribution in [0.2, 0.25) is 0 Å². The van der Waals surface area contributed by atoms with Gasteiger partial charge < -0.3 is 24.6 Å². The summed E-state index contributed by atoms with van der Waals surface area (Å²) in [5, 5.41) is 24.9. The third-order valence-electron chi connectivity index (χ3n) is 2.74. The maximum absolute atomic E-state index is 11.6. The third-order valence-corrected chi connectivity index (χ3v) is 2.74. The van der Waals surface area contributed by atoms with Gasteiger partial charge in [-0.3, -0.25) is 4.79 Å². The van der Waals surface area contributed by atoms with E-state index in [0.717, 1.165) is 0 Å². The molecule has 1 rings (SSSR count). The molecule has 0 saturated carbocycles. The highest BCUT2D eigenvalue weighted by atomic mass is 16.8. The van der Waals surface area contributed by atoms with Crippen molar-refractivity contribution in [2.45, 2.75) is 39.2 Å². The molecule has 10 nitrogen and oxygen atoms in total. The molecular formula is C12H21N3O7. The second-order valence-electron chi connectivity index (χ2n) is 5.78. The van der Waals surface area contributed by atoms with Crippen LogP contribution in [0.5, 0.6) is 0 Å². The smallest absolute Gasteiger partial charge is 0.511 e. The first-order chi connectivity index (χ1) is 10.2. The molecule has 0 radical (unpaired) electrons. The zero-order chi connectivity index (χ0) is 16.8. The van der Waals surface area contributed by atoms with Crippen LogP contribution in [0.4, 0.5) is 4.79 Å². The molecule has 1 aliphatic rings. The lowest BCUT2D eigenvalue weighted by Gasteiger charge is -2.26. The van der Waals surface area contributed by atoms with Crippen LogP contribution in [0.15, 0.2) is 5.28 Å². The molecule has 1 aliphatic heterocycles. The van der Waals surface area contributed by atoms with Crippen LogP contribution >= 0.6 is 0 Å². The lowest BCUT2D eigenvalue weighted by molar-refractivity contribution is -0.714. The first kappa shape index (κ1) is 17.8. The van der Waals surface area contributed by atoms with Crippen LogP contribution in [0.3, 0.4) is 0 Å². The van der Waals surface area contributed by atoms with Gasteiger partial charge in [-0.2, -0.15) is 0 Å². The molecule has 0 amide bonds. The van der Waals surface area contributed by atoms with Gasteiger partial charge in [0.2, 0.25) is 5.28 Å². The average Bonchev–Trinajstić information content (AvgIpc) is 2.41. The fourth-order valence-corrected chi connectivity index (χ4v) is 1.79. The van der Waals surface area contributed by atoms with Gasteiger partial charge in [0.1, 0.15) is 5.60 Å². The molecular weight excluding hydrogens is 298 g/mol. The number of aliphatic carboxylic acids is 1. The molecule has 0 aromatic heterocycles. The summed E-state index contributed by atoms with van der Waals surface area (Å²) in [4.78, 5) is 26.8. The van der Waals surface area contributed by atoms with Crippen molar-refractivity contribution in [2.24, 2.45) is 11.2 Å². The van der Waals surface area contributed by atoms with Crippen LogP contribution in [0.1, 0.15) is 33.6 Å².